The summed E-state index contributed by atoms with van der Waals surface area (Å²) in [4.78, 5) is 22.9. The van der Waals surface area contributed by atoms with E-state index in [1.807, 2.05) is 0 Å². The van der Waals surface area contributed by atoms with Gasteiger partial charge in [-0.05, 0) is 24.6 Å². The highest BCUT2D eigenvalue weighted by molar-refractivity contribution is 5.95. The Balaban J connectivity index is 2.95. The monoisotopic (exact) mass is 266 g/mol. The van der Waals surface area contributed by atoms with Crippen LogP contribution < -0.4 is 4.74 Å². The summed E-state index contributed by atoms with van der Waals surface area (Å²) < 4.78 is 9.84. The summed E-state index contributed by atoms with van der Waals surface area (Å²) in [6, 6.07) is 6.96. The molecule has 0 saturated carbocycles. The summed E-state index contributed by atoms with van der Waals surface area (Å²) in [7, 11) is 1.55. The van der Waals surface area contributed by atoms with Crippen molar-refractivity contribution < 1.29 is 24.2 Å². The van der Waals surface area contributed by atoms with E-state index in [0.717, 1.165) is 5.56 Å². The second kappa shape index (κ2) is 6.78. The van der Waals surface area contributed by atoms with Gasteiger partial charge in [-0.15, -0.1) is 0 Å². The predicted octanol–water partition coefficient (Wildman–Crippen LogP) is 2.06. The number of aliphatic carboxylic acids is 1. The standard InChI is InChI=1S/C14H18O5/c1-4-19-14(17)12(13(15)16)9(2)10-5-7-11(18-3)8-6-10/h5-9,12H,4H2,1-3H3,(H,15,16)/t9-,12+/m0/s1. The summed E-state index contributed by atoms with van der Waals surface area (Å²) in [5.41, 5.74) is 0.751. The van der Waals surface area contributed by atoms with Crippen molar-refractivity contribution in [3.8, 4) is 5.75 Å². The maximum Gasteiger partial charge on any atom is 0.320 e. The maximum absolute atomic E-state index is 11.7. The minimum atomic E-state index is -1.20. The predicted molar refractivity (Wildman–Crippen MR) is 69.2 cm³/mol. The normalized spacial score (nSPS) is 13.4. The molecule has 0 aliphatic rings. The number of esters is 1. The van der Waals surface area contributed by atoms with E-state index in [-0.39, 0.29) is 6.61 Å². The van der Waals surface area contributed by atoms with Crippen molar-refractivity contribution in [2.45, 2.75) is 19.8 Å². The molecule has 0 bridgehead atoms. The number of benzene rings is 1. The summed E-state index contributed by atoms with van der Waals surface area (Å²) >= 11 is 0. The smallest absolute Gasteiger partial charge is 0.320 e. The number of rotatable bonds is 6. The SMILES string of the molecule is CCOC(=O)[C@@H](C(=O)O)[C@@H](C)c1ccc(OC)cc1. The molecule has 0 aliphatic carbocycles. The van der Waals surface area contributed by atoms with Gasteiger partial charge in [-0.3, -0.25) is 9.59 Å². The van der Waals surface area contributed by atoms with Gasteiger partial charge in [0.05, 0.1) is 13.7 Å². The lowest BCUT2D eigenvalue weighted by atomic mass is 9.87. The Labute approximate surface area is 112 Å². The number of carbonyl (C=O) groups is 2. The molecule has 19 heavy (non-hydrogen) atoms. The first kappa shape index (κ1) is 15.0. The fourth-order valence-corrected chi connectivity index (χ4v) is 1.85. The van der Waals surface area contributed by atoms with Gasteiger partial charge in [-0.2, -0.15) is 0 Å². The first-order valence-electron chi connectivity index (χ1n) is 6.04. The lowest BCUT2D eigenvalue weighted by Crippen LogP contribution is -2.30. The van der Waals surface area contributed by atoms with Gasteiger partial charge in [-0.25, -0.2) is 0 Å². The highest BCUT2D eigenvalue weighted by atomic mass is 16.5. The molecular weight excluding hydrogens is 248 g/mol. The van der Waals surface area contributed by atoms with E-state index in [2.05, 4.69) is 0 Å². The van der Waals surface area contributed by atoms with Crippen molar-refractivity contribution in [2.24, 2.45) is 5.92 Å². The molecule has 0 heterocycles. The highest BCUT2D eigenvalue weighted by Crippen LogP contribution is 2.27. The lowest BCUT2D eigenvalue weighted by molar-refractivity contribution is -0.159. The third kappa shape index (κ3) is 3.71. The molecule has 0 spiro atoms. The molecule has 1 rings (SSSR count). The first-order chi connectivity index (χ1) is 9.01. The molecule has 0 radical (unpaired) electrons. The van der Waals surface area contributed by atoms with Crippen LogP contribution in [0.3, 0.4) is 0 Å². The molecule has 0 saturated heterocycles. The van der Waals surface area contributed by atoms with Crippen LogP contribution in [0.4, 0.5) is 0 Å². The van der Waals surface area contributed by atoms with Crippen LogP contribution in [0.15, 0.2) is 24.3 Å². The lowest BCUT2D eigenvalue weighted by Gasteiger charge is -2.19. The van der Waals surface area contributed by atoms with E-state index in [1.165, 1.54) is 0 Å². The molecule has 0 amide bonds. The Hall–Kier alpha value is -2.04. The van der Waals surface area contributed by atoms with Gasteiger partial charge in [0.1, 0.15) is 5.75 Å². The minimum absolute atomic E-state index is 0.165. The number of methoxy groups -OCH3 is 1. The second-order valence-corrected chi connectivity index (χ2v) is 4.13. The number of carboxylic acid groups (broad SMARTS) is 1. The molecule has 0 fully saturated rings. The van der Waals surface area contributed by atoms with Gasteiger partial charge < -0.3 is 14.6 Å². The second-order valence-electron chi connectivity index (χ2n) is 4.13. The van der Waals surface area contributed by atoms with E-state index >= 15 is 0 Å². The highest BCUT2D eigenvalue weighted by Gasteiger charge is 2.34. The topological polar surface area (TPSA) is 72.8 Å². The summed E-state index contributed by atoms with van der Waals surface area (Å²) in [5, 5.41) is 9.18. The molecule has 2 atom stereocenters. The Morgan fingerprint density at radius 2 is 1.84 bits per heavy atom. The molecule has 104 valence electrons. The number of carbonyl (C=O) groups excluding carboxylic acids is 1. The maximum atomic E-state index is 11.7. The number of hydrogen-bond donors (Lipinski definition) is 1. The van der Waals surface area contributed by atoms with Crippen LogP contribution >= 0.6 is 0 Å². The fraction of sp³-hybridized carbons (Fsp3) is 0.429. The van der Waals surface area contributed by atoms with Crippen molar-refractivity contribution in [3.63, 3.8) is 0 Å². The third-order valence-corrected chi connectivity index (χ3v) is 2.95. The van der Waals surface area contributed by atoms with Crippen LogP contribution in [0.5, 0.6) is 5.75 Å². The first-order valence-corrected chi connectivity index (χ1v) is 6.04. The molecule has 0 unspecified atom stereocenters. The van der Waals surface area contributed by atoms with Gasteiger partial charge in [0.25, 0.3) is 0 Å². The summed E-state index contributed by atoms with van der Waals surface area (Å²) in [6.45, 7) is 3.50. The van der Waals surface area contributed by atoms with Gasteiger partial charge >= 0.3 is 11.9 Å². The van der Waals surface area contributed by atoms with Gasteiger partial charge in [0.2, 0.25) is 0 Å². The van der Waals surface area contributed by atoms with E-state index in [1.54, 1.807) is 45.2 Å². The molecule has 1 N–H and O–H groups in total. The van der Waals surface area contributed by atoms with Crippen LogP contribution in [-0.2, 0) is 14.3 Å². The summed E-state index contributed by atoms with van der Waals surface area (Å²) in [5.74, 6) is -2.88. The zero-order valence-electron chi connectivity index (χ0n) is 11.3. The van der Waals surface area contributed by atoms with Crippen molar-refractivity contribution in [2.75, 3.05) is 13.7 Å². The molecule has 0 aliphatic heterocycles. The third-order valence-electron chi connectivity index (χ3n) is 2.95. The van der Waals surface area contributed by atoms with Crippen LogP contribution in [0, 0.1) is 5.92 Å². The van der Waals surface area contributed by atoms with Crippen molar-refractivity contribution >= 4 is 11.9 Å². The van der Waals surface area contributed by atoms with Crippen LogP contribution in [0.2, 0.25) is 0 Å². The van der Waals surface area contributed by atoms with E-state index in [4.69, 9.17) is 9.47 Å². The molecule has 1 aromatic rings. The van der Waals surface area contributed by atoms with Crippen LogP contribution in [0.1, 0.15) is 25.3 Å². The average Bonchev–Trinajstić information content (AvgIpc) is 2.38. The fourth-order valence-electron chi connectivity index (χ4n) is 1.85. The molecule has 1 aromatic carbocycles. The number of ether oxygens (including phenoxy) is 2. The molecule has 5 nitrogen and oxygen atoms in total. The number of carboxylic acids is 1. The minimum Gasteiger partial charge on any atom is -0.497 e. The zero-order chi connectivity index (χ0) is 14.4. The van der Waals surface area contributed by atoms with Crippen LogP contribution in [-0.4, -0.2) is 30.8 Å². The summed E-state index contributed by atoms with van der Waals surface area (Å²) in [6.07, 6.45) is 0. The number of hydrogen-bond acceptors (Lipinski definition) is 4. The Bertz CT molecular complexity index is 438. The quantitative estimate of drug-likeness (QED) is 0.630. The van der Waals surface area contributed by atoms with Crippen LogP contribution in [0.25, 0.3) is 0 Å². The van der Waals surface area contributed by atoms with Gasteiger partial charge in [-0.1, -0.05) is 19.1 Å². The van der Waals surface area contributed by atoms with E-state index < -0.39 is 23.8 Å². The van der Waals surface area contributed by atoms with Crippen molar-refractivity contribution in [1.82, 2.24) is 0 Å². The largest absolute Gasteiger partial charge is 0.497 e. The van der Waals surface area contributed by atoms with E-state index in [9.17, 15) is 14.7 Å². The molecule has 5 heteroatoms. The molecule has 0 aromatic heterocycles. The average molecular weight is 266 g/mol. The Kier molecular flexibility index (Phi) is 5.36. The van der Waals surface area contributed by atoms with Crippen molar-refractivity contribution in [1.29, 1.82) is 0 Å². The van der Waals surface area contributed by atoms with E-state index in [0.29, 0.717) is 5.75 Å². The Morgan fingerprint density at radius 3 is 2.26 bits per heavy atom. The van der Waals surface area contributed by atoms with Crippen molar-refractivity contribution in [3.05, 3.63) is 29.8 Å². The molecular formula is C14H18O5. The zero-order valence-corrected chi connectivity index (χ0v) is 11.3. The van der Waals surface area contributed by atoms with Gasteiger partial charge in [0.15, 0.2) is 5.92 Å². The Morgan fingerprint density at radius 1 is 1.26 bits per heavy atom. The van der Waals surface area contributed by atoms with Gasteiger partial charge in [0, 0.05) is 5.92 Å².